The smallest absolute Gasteiger partial charge is 0.303 e. The second-order valence-electron chi connectivity index (χ2n) is 7.01. The van der Waals surface area contributed by atoms with Crippen LogP contribution in [0, 0.1) is 12.3 Å². The van der Waals surface area contributed by atoms with Gasteiger partial charge in [-0.05, 0) is 36.3 Å². The normalized spacial score (nSPS) is 18.5. The van der Waals surface area contributed by atoms with Gasteiger partial charge in [0.25, 0.3) is 0 Å². The number of aliphatic carboxylic acids is 1. The fourth-order valence-electron chi connectivity index (χ4n) is 3.33. The van der Waals surface area contributed by atoms with Crippen molar-refractivity contribution in [2.45, 2.75) is 52.5 Å². The second kappa shape index (κ2) is 6.51. The molecule has 1 N–H and O–H groups in total. The lowest BCUT2D eigenvalue weighted by atomic mass is 9.85. The summed E-state index contributed by atoms with van der Waals surface area (Å²) in [6, 6.07) is 8.32. The van der Waals surface area contributed by atoms with E-state index in [1.165, 1.54) is 11.1 Å². The van der Waals surface area contributed by atoms with Crippen LogP contribution < -0.4 is 0 Å². The Morgan fingerprint density at radius 2 is 1.95 bits per heavy atom. The van der Waals surface area contributed by atoms with Crippen molar-refractivity contribution >= 4 is 11.9 Å². The van der Waals surface area contributed by atoms with Crippen LogP contribution in [0.1, 0.15) is 56.7 Å². The van der Waals surface area contributed by atoms with Crippen LogP contribution in [-0.4, -0.2) is 28.4 Å². The molecule has 22 heavy (non-hydrogen) atoms. The average Bonchev–Trinajstić information content (AvgIpc) is 2.86. The van der Waals surface area contributed by atoms with Crippen molar-refractivity contribution in [3.8, 4) is 0 Å². The SMILES string of the molecule is Cc1ccccc1[C@@H]1CCCN1C(=O)CC(C)(C)CC(=O)O. The van der Waals surface area contributed by atoms with Crippen LogP contribution in [0.4, 0.5) is 0 Å². The third-order valence-corrected chi connectivity index (χ3v) is 4.38. The van der Waals surface area contributed by atoms with E-state index in [9.17, 15) is 9.59 Å². The summed E-state index contributed by atoms with van der Waals surface area (Å²) in [5.74, 6) is -0.785. The maximum absolute atomic E-state index is 12.7. The third-order valence-electron chi connectivity index (χ3n) is 4.38. The van der Waals surface area contributed by atoms with Crippen molar-refractivity contribution < 1.29 is 14.7 Å². The lowest BCUT2D eigenvalue weighted by Crippen LogP contribution is -2.34. The van der Waals surface area contributed by atoms with Crippen LogP contribution in [0.2, 0.25) is 0 Å². The zero-order chi connectivity index (χ0) is 16.3. The van der Waals surface area contributed by atoms with E-state index < -0.39 is 11.4 Å². The Bertz CT molecular complexity index is 565. The molecule has 2 rings (SSSR count). The number of hydrogen-bond donors (Lipinski definition) is 1. The molecule has 0 aromatic heterocycles. The fourth-order valence-corrected chi connectivity index (χ4v) is 3.33. The number of carbonyl (C=O) groups excluding carboxylic acids is 1. The van der Waals surface area contributed by atoms with Crippen LogP contribution in [0.5, 0.6) is 0 Å². The molecule has 1 aliphatic rings. The number of amides is 1. The molecule has 4 heteroatoms. The molecule has 1 heterocycles. The highest BCUT2D eigenvalue weighted by Gasteiger charge is 2.34. The first-order valence-electron chi connectivity index (χ1n) is 7.87. The van der Waals surface area contributed by atoms with Crippen molar-refractivity contribution in [2.75, 3.05) is 6.54 Å². The molecule has 1 aromatic rings. The number of rotatable bonds is 5. The molecule has 1 atom stereocenters. The van der Waals surface area contributed by atoms with Crippen molar-refractivity contribution in [1.82, 2.24) is 4.90 Å². The number of hydrogen-bond acceptors (Lipinski definition) is 2. The molecule has 0 aliphatic carbocycles. The van der Waals surface area contributed by atoms with Gasteiger partial charge in [-0.3, -0.25) is 9.59 Å². The van der Waals surface area contributed by atoms with Gasteiger partial charge in [-0.15, -0.1) is 0 Å². The predicted octanol–water partition coefficient (Wildman–Crippen LogP) is 3.55. The summed E-state index contributed by atoms with van der Waals surface area (Å²) in [7, 11) is 0. The van der Waals surface area contributed by atoms with Crippen LogP contribution in [-0.2, 0) is 9.59 Å². The number of nitrogens with zero attached hydrogens (tertiary/aromatic N) is 1. The topological polar surface area (TPSA) is 57.6 Å². The first kappa shape index (κ1) is 16.5. The summed E-state index contributed by atoms with van der Waals surface area (Å²) >= 11 is 0. The van der Waals surface area contributed by atoms with Gasteiger partial charge in [0.1, 0.15) is 0 Å². The summed E-state index contributed by atoms with van der Waals surface area (Å²) in [6.07, 6.45) is 2.28. The highest BCUT2D eigenvalue weighted by Crippen LogP contribution is 2.36. The average molecular weight is 303 g/mol. The van der Waals surface area contributed by atoms with Crippen LogP contribution >= 0.6 is 0 Å². The zero-order valence-corrected chi connectivity index (χ0v) is 13.6. The van der Waals surface area contributed by atoms with E-state index in [1.807, 2.05) is 30.9 Å². The Morgan fingerprint density at radius 1 is 1.27 bits per heavy atom. The van der Waals surface area contributed by atoms with Crippen molar-refractivity contribution in [3.63, 3.8) is 0 Å². The first-order chi connectivity index (χ1) is 10.3. The molecule has 1 aliphatic heterocycles. The van der Waals surface area contributed by atoms with Gasteiger partial charge in [0.05, 0.1) is 12.5 Å². The maximum atomic E-state index is 12.7. The molecule has 0 radical (unpaired) electrons. The van der Waals surface area contributed by atoms with Crippen molar-refractivity contribution in [2.24, 2.45) is 5.41 Å². The number of carboxylic acids is 1. The molecule has 120 valence electrons. The summed E-state index contributed by atoms with van der Waals surface area (Å²) in [5.41, 5.74) is 1.91. The van der Waals surface area contributed by atoms with E-state index in [2.05, 4.69) is 19.1 Å². The van der Waals surface area contributed by atoms with Crippen molar-refractivity contribution in [3.05, 3.63) is 35.4 Å². The van der Waals surface area contributed by atoms with E-state index in [1.54, 1.807) is 0 Å². The predicted molar refractivity (Wildman–Crippen MR) is 85.5 cm³/mol. The summed E-state index contributed by atoms with van der Waals surface area (Å²) in [4.78, 5) is 25.5. The molecule has 0 unspecified atom stereocenters. The van der Waals surface area contributed by atoms with E-state index in [0.29, 0.717) is 0 Å². The lowest BCUT2D eigenvalue weighted by Gasteiger charge is -2.30. The molecule has 1 aromatic carbocycles. The Morgan fingerprint density at radius 3 is 2.59 bits per heavy atom. The first-order valence-corrected chi connectivity index (χ1v) is 7.87. The molecule has 0 saturated carbocycles. The minimum Gasteiger partial charge on any atom is -0.481 e. The summed E-state index contributed by atoms with van der Waals surface area (Å²) < 4.78 is 0. The second-order valence-corrected chi connectivity index (χ2v) is 7.01. The molecular weight excluding hydrogens is 278 g/mol. The lowest BCUT2D eigenvalue weighted by molar-refractivity contribution is -0.141. The largest absolute Gasteiger partial charge is 0.481 e. The Hall–Kier alpha value is -1.84. The molecule has 1 saturated heterocycles. The standard InChI is InChI=1S/C18H25NO3/c1-13-7-4-5-8-14(13)15-9-6-10-19(15)16(20)11-18(2,3)12-17(21)22/h4-5,7-8,15H,6,9-12H2,1-3H3,(H,21,22)/t15-/m0/s1. The van der Waals surface area contributed by atoms with E-state index in [-0.39, 0.29) is 24.8 Å². The van der Waals surface area contributed by atoms with Gasteiger partial charge < -0.3 is 10.0 Å². The van der Waals surface area contributed by atoms with Gasteiger partial charge >= 0.3 is 5.97 Å². The summed E-state index contributed by atoms with van der Waals surface area (Å²) in [6.45, 7) is 6.53. The zero-order valence-electron chi connectivity index (χ0n) is 13.6. The quantitative estimate of drug-likeness (QED) is 0.905. The van der Waals surface area contributed by atoms with E-state index in [4.69, 9.17) is 5.11 Å². The molecule has 0 bridgehead atoms. The highest BCUT2D eigenvalue weighted by atomic mass is 16.4. The van der Waals surface area contributed by atoms with Crippen LogP contribution in [0.15, 0.2) is 24.3 Å². The van der Waals surface area contributed by atoms with E-state index in [0.717, 1.165) is 19.4 Å². The molecule has 1 fully saturated rings. The fraction of sp³-hybridized carbons (Fsp3) is 0.556. The molecule has 4 nitrogen and oxygen atoms in total. The van der Waals surface area contributed by atoms with Gasteiger partial charge in [0.15, 0.2) is 0 Å². The Labute approximate surface area is 132 Å². The van der Waals surface area contributed by atoms with E-state index >= 15 is 0 Å². The molecule has 1 amide bonds. The highest BCUT2D eigenvalue weighted by molar-refractivity contribution is 5.79. The Kier molecular flexibility index (Phi) is 4.89. The minimum absolute atomic E-state index is 0.0155. The maximum Gasteiger partial charge on any atom is 0.303 e. The van der Waals surface area contributed by atoms with Crippen LogP contribution in [0.3, 0.4) is 0 Å². The molecule has 0 spiro atoms. The van der Waals surface area contributed by atoms with Gasteiger partial charge in [-0.2, -0.15) is 0 Å². The number of aryl methyl sites for hydroxylation is 1. The Balaban J connectivity index is 2.12. The third kappa shape index (κ3) is 3.87. The minimum atomic E-state index is -0.852. The number of benzene rings is 1. The number of carboxylic acid groups (broad SMARTS) is 1. The molecular formula is C18H25NO3. The van der Waals surface area contributed by atoms with Gasteiger partial charge in [-0.1, -0.05) is 38.1 Å². The van der Waals surface area contributed by atoms with Gasteiger partial charge in [-0.25, -0.2) is 0 Å². The summed E-state index contributed by atoms with van der Waals surface area (Å²) in [5, 5.41) is 8.97. The number of likely N-dealkylation sites (tertiary alicyclic amines) is 1. The monoisotopic (exact) mass is 303 g/mol. The van der Waals surface area contributed by atoms with Gasteiger partial charge in [0.2, 0.25) is 5.91 Å². The van der Waals surface area contributed by atoms with Gasteiger partial charge in [0, 0.05) is 13.0 Å². The number of carbonyl (C=O) groups is 2. The van der Waals surface area contributed by atoms with Crippen LogP contribution in [0.25, 0.3) is 0 Å². The van der Waals surface area contributed by atoms with Crippen molar-refractivity contribution in [1.29, 1.82) is 0 Å².